The summed E-state index contributed by atoms with van der Waals surface area (Å²) < 4.78 is 0. The molecular formula is C16H22O2S. The van der Waals surface area contributed by atoms with Gasteiger partial charge in [-0.1, -0.05) is 25.0 Å². The second kappa shape index (κ2) is 6.99. The van der Waals surface area contributed by atoms with E-state index in [1.165, 1.54) is 16.9 Å². The first-order valence-electron chi connectivity index (χ1n) is 7.06. The Morgan fingerprint density at radius 2 is 1.95 bits per heavy atom. The lowest BCUT2D eigenvalue weighted by Crippen LogP contribution is -2.27. The molecule has 2 atom stereocenters. The number of carboxylic acids is 1. The first-order valence-corrected chi connectivity index (χ1v) is 8.29. The molecule has 1 aromatic carbocycles. The third-order valence-corrected chi connectivity index (χ3v) is 4.93. The molecule has 2 rings (SSSR count). The second-order valence-corrected chi connectivity index (χ2v) is 6.26. The molecule has 1 N–H and O–H groups in total. The van der Waals surface area contributed by atoms with Gasteiger partial charge in [0.25, 0.3) is 0 Å². The Kier molecular flexibility index (Phi) is 5.32. The number of hydrogen-bond acceptors (Lipinski definition) is 2. The standard InChI is InChI=1S/C16H22O2S/c1-19-14-10-7-12(8-11-14)6-9-13-4-2-3-5-15(13)16(17)18/h7-8,10-11,13,15H,2-6,9H2,1H3,(H,17,18)/t13-,15+/m0/s1. The smallest absolute Gasteiger partial charge is 0.306 e. The summed E-state index contributed by atoms with van der Waals surface area (Å²) in [5.41, 5.74) is 1.33. The molecule has 0 aliphatic heterocycles. The van der Waals surface area contributed by atoms with Crippen molar-refractivity contribution in [1.82, 2.24) is 0 Å². The number of aryl methyl sites for hydroxylation is 1. The largest absolute Gasteiger partial charge is 0.481 e. The molecule has 104 valence electrons. The molecule has 1 fully saturated rings. The van der Waals surface area contributed by atoms with Gasteiger partial charge in [-0.15, -0.1) is 11.8 Å². The van der Waals surface area contributed by atoms with Gasteiger partial charge in [-0.2, -0.15) is 0 Å². The number of rotatable bonds is 5. The van der Waals surface area contributed by atoms with Crippen LogP contribution in [0, 0.1) is 11.8 Å². The first kappa shape index (κ1) is 14.4. The van der Waals surface area contributed by atoms with Crippen molar-refractivity contribution in [2.24, 2.45) is 11.8 Å². The zero-order valence-electron chi connectivity index (χ0n) is 11.5. The van der Waals surface area contributed by atoms with Crippen molar-refractivity contribution in [3.05, 3.63) is 29.8 Å². The van der Waals surface area contributed by atoms with Gasteiger partial charge in [0.1, 0.15) is 0 Å². The Morgan fingerprint density at radius 3 is 2.58 bits per heavy atom. The summed E-state index contributed by atoms with van der Waals surface area (Å²) in [6.07, 6.45) is 8.31. The Morgan fingerprint density at radius 1 is 1.26 bits per heavy atom. The maximum absolute atomic E-state index is 11.3. The van der Waals surface area contributed by atoms with Crippen molar-refractivity contribution in [1.29, 1.82) is 0 Å². The Balaban J connectivity index is 1.90. The van der Waals surface area contributed by atoms with Gasteiger partial charge in [0.2, 0.25) is 0 Å². The molecule has 1 aliphatic rings. The highest BCUT2D eigenvalue weighted by atomic mass is 32.2. The summed E-state index contributed by atoms with van der Waals surface area (Å²) in [4.78, 5) is 12.5. The summed E-state index contributed by atoms with van der Waals surface area (Å²) in [5.74, 6) is -0.340. The molecule has 3 heteroatoms. The van der Waals surface area contributed by atoms with Gasteiger partial charge in [0.15, 0.2) is 0 Å². The molecule has 2 nitrogen and oxygen atoms in total. The van der Waals surface area contributed by atoms with Crippen LogP contribution in [0.25, 0.3) is 0 Å². The van der Waals surface area contributed by atoms with Crippen LogP contribution in [-0.2, 0) is 11.2 Å². The van der Waals surface area contributed by atoms with Crippen LogP contribution in [0.1, 0.15) is 37.7 Å². The Labute approximate surface area is 119 Å². The Bertz CT molecular complexity index is 413. The van der Waals surface area contributed by atoms with E-state index in [4.69, 9.17) is 0 Å². The van der Waals surface area contributed by atoms with Crippen molar-refractivity contribution < 1.29 is 9.90 Å². The molecule has 1 aliphatic carbocycles. The normalized spacial score (nSPS) is 23.2. The molecule has 0 saturated heterocycles. The highest BCUT2D eigenvalue weighted by Gasteiger charge is 2.30. The van der Waals surface area contributed by atoms with Crippen molar-refractivity contribution >= 4 is 17.7 Å². The first-order chi connectivity index (χ1) is 9.20. The van der Waals surface area contributed by atoms with Crippen LogP contribution in [-0.4, -0.2) is 17.3 Å². The summed E-state index contributed by atoms with van der Waals surface area (Å²) in [6.45, 7) is 0. The average Bonchev–Trinajstić information content (AvgIpc) is 2.46. The molecule has 0 aromatic heterocycles. The minimum Gasteiger partial charge on any atom is -0.481 e. The van der Waals surface area contributed by atoms with Gasteiger partial charge in [-0.05, 0) is 55.6 Å². The van der Waals surface area contributed by atoms with E-state index in [0.717, 1.165) is 32.1 Å². The summed E-state index contributed by atoms with van der Waals surface area (Å²) in [6, 6.07) is 8.64. The molecule has 19 heavy (non-hydrogen) atoms. The minimum absolute atomic E-state index is 0.112. The van der Waals surface area contributed by atoms with Gasteiger partial charge in [0.05, 0.1) is 5.92 Å². The quantitative estimate of drug-likeness (QED) is 0.819. The molecule has 1 saturated carbocycles. The molecule has 0 bridgehead atoms. The lowest BCUT2D eigenvalue weighted by molar-refractivity contribution is -0.145. The molecule has 1 aromatic rings. The van der Waals surface area contributed by atoms with Crippen molar-refractivity contribution in [2.75, 3.05) is 6.26 Å². The third kappa shape index (κ3) is 4.00. The van der Waals surface area contributed by atoms with E-state index in [2.05, 4.69) is 30.5 Å². The Hall–Kier alpha value is -0.960. The van der Waals surface area contributed by atoms with E-state index in [-0.39, 0.29) is 5.92 Å². The molecule has 0 radical (unpaired) electrons. The third-order valence-electron chi connectivity index (χ3n) is 4.19. The van der Waals surface area contributed by atoms with E-state index in [1.54, 1.807) is 11.8 Å². The zero-order chi connectivity index (χ0) is 13.7. The summed E-state index contributed by atoms with van der Waals surface area (Å²) in [5, 5.41) is 9.27. The topological polar surface area (TPSA) is 37.3 Å². The monoisotopic (exact) mass is 278 g/mol. The van der Waals surface area contributed by atoms with Crippen LogP contribution in [0.4, 0.5) is 0 Å². The lowest BCUT2D eigenvalue weighted by atomic mass is 9.76. The van der Waals surface area contributed by atoms with Crippen molar-refractivity contribution in [2.45, 2.75) is 43.4 Å². The van der Waals surface area contributed by atoms with Crippen LogP contribution in [0.15, 0.2) is 29.2 Å². The highest BCUT2D eigenvalue weighted by molar-refractivity contribution is 7.98. The molecular weight excluding hydrogens is 256 g/mol. The zero-order valence-corrected chi connectivity index (χ0v) is 12.3. The van der Waals surface area contributed by atoms with Gasteiger partial charge >= 0.3 is 5.97 Å². The fourth-order valence-electron chi connectivity index (χ4n) is 3.02. The van der Waals surface area contributed by atoms with E-state index < -0.39 is 5.97 Å². The molecule has 0 unspecified atom stereocenters. The van der Waals surface area contributed by atoms with E-state index in [1.807, 2.05) is 0 Å². The van der Waals surface area contributed by atoms with Gasteiger partial charge < -0.3 is 5.11 Å². The van der Waals surface area contributed by atoms with E-state index >= 15 is 0 Å². The predicted octanol–water partition coefficient (Wildman–Crippen LogP) is 4.23. The number of benzene rings is 1. The number of thioether (sulfide) groups is 1. The number of carbonyl (C=O) groups is 1. The molecule has 0 heterocycles. The van der Waals surface area contributed by atoms with Crippen LogP contribution in [0.2, 0.25) is 0 Å². The number of hydrogen-bond donors (Lipinski definition) is 1. The highest BCUT2D eigenvalue weighted by Crippen LogP contribution is 2.33. The minimum atomic E-state index is -0.595. The maximum atomic E-state index is 11.3. The summed E-state index contributed by atoms with van der Waals surface area (Å²) >= 11 is 1.75. The lowest BCUT2D eigenvalue weighted by Gasteiger charge is -2.28. The van der Waals surface area contributed by atoms with Gasteiger partial charge in [0, 0.05) is 4.90 Å². The van der Waals surface area contributed by atoms with Crippen molar-refractivity contribution in [3.8, 4) is 0 Å². The van der Waals surface area contributed by atoms with E-state index in [9.17, 15) is 9.90 Å². The molecule has 0 spiro atoms. The number of aliphatic carboxylic acids is 1. The fourth-order valence-corrected chi connectivity index (χ4v) is 3.43. The predicted molar refractivity (Wildman–Crippen MR) is 79.6 cm³/mol. The van der Waals surface area contributed by atoms with Gasteiger partial charge in [-0.3, -0.25) is 4.79 Å². The molecule has 0 amide bonds. The number of carboxylic acid groups (broad SMARTS) is 1. The van der Waals surface area contributed by atoms with Gasteiger partial charge in [-0.25, -0.2) is 0 Å². The van der Waals surface area contributed by atoms with E-state index in [0.29, 0.717) is 5.92 Å². The second-order valence-electron chi connectivity index (χ2n) is 5.38. The van der Waals surface area contributed by atoms with Crippen LogP contribution >= 0.6 is 11.8 Å². The van der Waals surface area contributed by atoms with Crippen LogP contribution in [0.3, 0.4) is 0 Å². The van der Waals surface area contributed by atoms with Crippen LogP contribution < -0.4 is 0 Å². The maximum Gasteiger partial charge on any atom is 0.306 e. The SMILES string of the molecule is CSc1ccc(CC[C@@H]2CCCC[C@H]2C(=O)O)cc1. The fraction of sp³-hybridized carbons (Fsp3) is 0.562. The van der Waals surface area contributed by atoms with Crippen molar-refractivity contribution in [3.63, 3.8) is 0 Å². The van der Waals surface area contributed by atoms with Crippen LogP contribution in [0.5, 0.6) is 0 Å². The summed E-state index contributed by atoms with van der Waals surface area (Å²) in [7, 11) is 0. The average molecular weight is 278 g/mol.